The molecule has 0 aliphatic carbocycles. The molecule has 1 fully saturated rings. The van der Waals surface area contributed by atoms with Crippen LogP contribution in [0.3, 0.4) is 0 Å². The highest BCUT2D eigenvalue weighted by Crippen LogP contribution is 2.28. The summed E-state index contributed by atoms with van der Waals surface area (Å²) in [6.45, 7) is 0.981. The summed E-state index contributed by atoms with van der Waals surface area (Å²) in [5.74, 6) is -0.267. The van der Waals surface area contributed by atoms with Crippen molar-refractivity contribution in [2.45, 2.75) is 31.5 Å². The fourth-order valence-electron chi connectivity index (χ4n) is 3.46. The molecule has 2 atom stereocenters. The number of nitrogens with one attached hydrogen (secondary N) is 2. The average Bonchev–Trinajstić information content (AvgIpc) is 3.16. The standard InChI is InChI=1S/C21H21FN2O3/c22-16-6-4-14(5-7-16)20-12-17(8-10-27-20)24-21(25)23-13-15-2-1-3-19-18(15)9-11-26-19/h1-7,9,11,17,20H,8,10,12-13H2,(H2,23,24,25). The lowest BCUT2D eigenvalue weighted by molar-refractivity contribution is 0.00222. The van der Waals surface area contributed by atoms with Crippen LogP contribution in [0.15, 0.2) is 59.2 Å². The van der Waals surface area contributed by atoms with E-state index in [0.29, 0.717) is 19.6 Å². The van der Waals surface area contributed by atoms with E-state index < -0.39 is 0 Å². The number of amides is 2. The fraction of sp³-hybridized carbons (Fsp3) is 0.286. The Balaban J connectivity index is 1.32. The summed E-state index contributed by atoms with van der Waals surface area (Å²) >= 11 is 0. The third kappa shape index (κ3) is 4.11. The first kappa shape index (κ1) is 17.5. The van der Waals surface area contributed by atoms with E-state index in [1.165, 1.54) is 12.1 Å². The minimum absolute atomic E-state index is 0.0125. The molecule has 140 valence electrons. The van der Waals surface area contributed by atoms with Crippen molar-refractivity contribution in [3.8, 4) is 0 Å². The van der Waals surface area contributed by atoms with Crippen LogP contribution in [0.5, 0.6) is 0 Å². The maximum absolute atomic E-state index is 13.1. The zero-order chi connectivity index (χ0) is 18.6. The number of ether oxygens (including phenoxy) is 1. The smallest absolute Gasteiger partial charge is 0.315 e. The van der Waals surface area contributed by atoms with E-state index in [2.05, 4.69) is 10.6 Å². The second-order valence-electron chi connectivity index (χ2n) is 6.71. The molecular formula is C21H21FN2O3. The third-order valence-electron chi connectivity index (χ3n) is 4.89. The zero-order valence-electron chi connectivity index (χ0n) is 14.8. The number of furan rings is 1. The average molecular weight is 368 g/mol. The number of carbonyl (C=O) groups excluding carboxylic acids is 1. The number of carbonyl (C=O) groups is 1. The van der Waals surface area contributed by atoms with Gasteiger partial charge in [0.15, 0.2) is 0 Å². The molecule has 2 unspecified atom stereocenters. The number of hydrogen-bond donors (Lipinski definition) is 2. The Morgan fingerprint density at radius 1 is 1.15 bits per heavy atom. The van der Waals surface area contributed by atoms with Gasteiger partial charge in [-0.25, -0.2) is 9.18 Å². The van der Waals surface area contributed by atoms with Gasteiger partial charge in [-0.3, -0.25) is 0 Å². The van der Waals surface area contributed by atoms with Crippen LogP contribution in [-0.2, 0) is 11.3 Å². The number of rotatable bonds is 4. The van der Waals surface area contributed by atoms with Gasteiger partial charge in [0.05, 0.1) is 12.4 Å². The molecule has 2 heterocycles. The normalized spacial score (nSPS) is 19.7. The van der Waals surface area contributed by atoms with E-state index in [1.807, 2.05) is 24.3 Å². The Bertz CT molecular complexity index is 923. The minimum Gasteiger partial charge on any atom is -0.464 e. The van der Waals surface area contributed by atoms with E-state index in [-0.39, 0.29) is 24.0 Å². The summed E-state index contributed by atoms with van der Waals surface area (Å²) in [7, 11) is 0. The summed E-state index contributed by atoms with van der Waals surface area (Å²) in [5, 5.41) is 6.92. The first-order valence-corrected chi connectivity index (χ1v) is 9.05. The van der Waals surface area contributed by atoms with Gasteiger partial charge in [-0.2, -0.15) is 0 Å². The van der Waals surface area contributed by atoms with E-state index >= 15 is 0 Å². The van der Waals surface area contributed by atoms with Crippen LogP contribution in [0.1, 0.15) is 30.1 Å². The Morgan fingerprint density at radius 3 is 2.85 bits per heavy atom. The molecule has 0 saturated carbocycles. The van der Waals surface area contributed by atoms with Crippen LogP contribution in [0.25, 0.3) is 11.0 Å². The number of fused-ring (bicyclic) bond motifs is 1. The molecule has 1 aromatic heterocycles. The van der Waals surface area contributed by atoms with Crippen molar-refractivity contribution in [3.63, 3.8) is 0 Å². The SMILES string of the molecule is O=C(NCc1cccc2occc12)NC1CCOC(c2ccc(F)cc2)C1. The summed E-state index contributed by atoms with van der Waals surface area (Å²) in [6.07, 6.45) is 2.93. The maximum Gasteiger partial charge on any atom is 0.315 e. The van der Waals surface area contributed by atoms with Crippen LogP contribution in [0.2, 0.25) is 0 Å². The summed E-state index contributed by atoms with van der Waals surface area (Å²) in [4.78, 5) is 12.3. The molecule has 1 aliphatic heterocycles. The molecule has 1 saturated heterocycles. The highest BCUT2D eigenvalue weighted by Gasteiger charge is 2.25. The van der Waals surface area contributed by atoms with Crippen LogP contribution >= 0.6 is 0 Å². The van der Waals surface area contributed by atoms with Gasteiger partial charge in [0.1, 0.15) is 11.4 Å². The monoisotopic (exact) mass is 368 g/mol. The number of benzene rings is 2. The van der Waals surface area contributed by atoms with E-state index in [0.717, 1.165) is 28.5 Å². The van der Waals surface area contributed by atoms with Crippen LogP contribution in [-0.4, -0.2) is 18.7 Å². The lowest BCUT2D eigenvalue weighted by Gasteiger charge is -2.30. The molecule has 0 spiro atoms. The maximum atomic E-state index is 13.1. The van der Waals surface area contributed by atoms with Crippen molar-refractivity contribution in [2.75, 3.05) is 6.61 Å². The number of urea groups is 1. The topological polar surface area (TPSA) is 63.5 Å². The summed E-state index contributed by atoms with van der Waals surface area (Å²) in [6, 6.07) is 13.8. The summed E-state index contributed by atoms with van der Waals surface area (Å²) < 4.78 is 24.3. The van der Waals surface area contributed by atoms with Crippen molar-refractivity contribution >= 4 is 17.0 Å². The number of hydrogen-bond acceptors (Lipinski definition) is 3. The third-order valence-corrected chi connectivity index (χ3v) is 4.89. The molecule has 3 aromatic rings. The second kappa shape index (κ2) is 7.80. The van der Waals surface area contributed by atoms with Gasteiger partial charge >= 0.3 is 6.03 Å². The minimum atomic E-state index is -0.267. The molecule has 0 bridgehead atoms. The molecule has 27 heavy (non-hydrogen) atoms. The van der Waals surface area contributed by atoms with E-state index in [1.54, 1.807) is 18.4 Å². The zero-order valence-corrected chi connectivity index (χ0v) is 14.8. The van der Waals surface area contributed by atoms with Gasteiger partial charge in [0, 0.05) is 24.6 Å². The predicted molar refractivity (Wildman–Crippen MR) is 99.7 cm³/mol. The largest absolute Gasteiger partial charge is 0.464 e. The Labute approximate surface area is 156 Å². The van der Waals surface area contributed by atoms with Crippen molar-refractivity contribution in [2.24, 2.45) is 0 Å². The first-order valence-electron chi connectivity index (χ1n) is 9.05. The highest BCUT2D eigenvalue weighted by atomic mass is 19.1. The Morgan fingerprint density at radius 2 is 2.00 bits per heavy atom. The first-order chi connectivity index (χ1) is 13.2. The molecule has 2 amide bonds. The molecule has 0 radical (unpaired) electrons. The molecule has 4 rings (SSSR count). The Hall–Kier alpha value is -2.86. The molecule has 2 aromatic carbocycles. The van der Waals surface area contributed by atoms with Crippen molar-refractivity contribution < 1.29 is 18.3 Å². The van der Waals surface area contributed by atoms with Crippen molar-refractivity contribution in [1.29, 1.82) is 0 Å². The van der Waals surface area contributed by atoms with Crippen molar-refractivity contribution in [1.82, 2.24) is 10.6 Å². The summed E-state index contributed by atoms with van der Waals surface area (Å²) in [5.41, 5.74) is 2.74. The van der Waals surface area contributed by atoms with Gasteiger partial charge in [-0.15, -0.1) is 0 Å². The quantitative estimate of drug-likeness (QED) is 0.722. The van der Waals surface area contributed by atoms with Crippen LogP contribution in [0, 0.1) is 5.82 Å². The molecule has 6 heteroatoms. The van der Waals surface area contributed by atoms with Crippen LogP contribution in [0.4, 0.5) is 9.18 Å². The molecule has 5 nitrogen and oxygen atoms in total. The van der Waals surface area contributed by atoms with Gasteiger partial charge < -0.3 is 19.8 Å². The van der Waals surface area contributed by atoms with Gasteiger partial charge in [0.2, 0.25) is 0 Å². The molecule has 1 aliphatic rings. The highest BCUT2D eigenvalue weighted by molar-refractivity contribution is 5.81. The van der Waals surface area contributed by atoms with E-state index in [9.17, 15) is 9.18 Å². The van der Waals surface area contributed by atoms with Crippen molar-refractivity contribution in [3.05, 3.63) is 71.7 Å². The second-order valence-corrected chi connectivity index (χ2v) is 6.71. The number of halogens is 1. The van der Waals surface area contributed by atoms with Crippen LogP contribution < -0.4 is 10.6 Å². The van der Waals surface area contributed by atoms with Gasteiger partial charge in [-0.1, -0.05) is 24.3 Å². The molecular weight excluding hydrogens is 347 g/mol. The fourth-order valence-corrected chi connectivity index (χ4v) is 3.46. The lowest BCUT2D eigenvalue weighted by atomic mass is 9.97. The van der Waals surface area contributed by atoms with E-state index in [4.69, 9.17) is 9.15 Å². The van der Waals surface area contributed by atoms with Gasteiger partial charge in [0.25, 0.3) is 0 Å². The van der Waals surface area contributed by atoms with Gasteiger partial charge in [-0.05, 0) is 48.2 Å². The lowest BCUT2D eigenvalue weighted by Crippen LogP contribution is -2.44. The predicted octanol–water partition coefficient (Wildman–Crippen LogP) is 4.29. The Kier molecular flexibility index (Phi) is 5.07. The molecule has 2 N–H and O–H groups in total.